The van der Waals surface area contributed by atoms with Gasteiger partial charge in [-0.15, -0.1) is 0 Å². The summed E-state index contributed by atoms with van der Waals surface area (Å²) >= 11 is 0. The van der Waals surface area contributed by atoms with Crippen LogP contribution in [-0.2, 0) is 24.6 Å². The second kappa shape index (κ2) is 9.35. The molecule has 2 heterocycles. The molecule has 0 saturated carbocycles. The Labute approximate surface area is 171 Å². The van der Waals surface area contributed by atoms with Crippen LogP contribution in [-0.4, -0.2) is 30.6 Å². The van der Waals surface area contributed by atoms with E-state index in [1.54, 1.807) is 31.1 Å². The van der Waals surface area contributed by atoms with Gasteiger partial charge in [-0.2, -0.15) is 0 Å². The third kappa shape index (κ3) is 4.75. The molecular formula is C21H26N3O4P. The quantitative estimate of drug-likeness (QED) is 0.474. The van der Waals surface area contributed by atoms with Crippen LogP contribution in [0.5, 0.6) is 0 Å². The number of benzene rings is 1. The van der Waals surface area contributed by atoms with Crippen LogP contribution in [0.4, 0.5) is 11.5 Å². The SMILES string of the molecule is CCOP(=O)(Cc1ccc(NC=C2C(=O)N(CC)c3ncccc32)cc1)OCC. The van der Waals surface area contributed by atoms with Crippen LogP contribution in [0.3, 0.4) is 0 Å². The maximum atomic E-state index is 12.7. The topological polar surface area (TPSA) is 80.8 Å². The van der Waals surface area contributed by atoms with Gasteiger partial charge < -0.3 is 14.4 Å². The van der Waals surface area contributed by atoms with Gasteiger partial charge in [-0.25, -0.2) is 4.98 Å². The van der Waals surface area contributed by atoms with E-state index in [0.717, 1.165) is 16.8 Å². The number of anilines is 2. The Morgan fingerprint density at radius 1 is 1.10 bits per heavy atom. The summed E-state index contributed by atoms with van der Waals surface area (Å²) in [5.41, 5.74) is 3.07. The zero-order chi connectivity index (χ0) is 20.9. The number of nitrogens with one attached hydrogen (secondary N) is 1. The van der Waals surface area contributed by atoms with Gasteiger partial charge in [0.15, 0.2) is 0 Å². The van der Waals surface area contributed by atoms with Crippen molar-refractivity contribution in [1.29, 1.82) is 0 Å². The molecule has 0 saturated heterocycles. The largest absolute Gasteiger partial charge is 0.361 e. The summed E-state index contributed by atoms with van der Waals surface area (Å²) < 4.78 is 23.4. The van der Waals surface area contributed by atoms with E-state index in [4.69, 9.17) is 9.05 Å². The molecule has 0 atom stereocenters. The lowest BCUT2D eigenvalue weighted by Crippen LogP contribution is -2.26. The lowest BCUT2D eigenvalue weighted by atomic mass is 10.1. The van der Waals surface area contributed by atoms with Crippen LogP contribution in [0.2, 0.25) is 0 Å². The van der Waals surface area contributed by atoms with E-state index >= 15 is 0 Å². The molecule has 8 heteroatoms. The maximum absolute atomic E-state index is 12.7. The molecule has 1 aromatic heterocycles. The van der Waals surface area contributed by atoms with Crippen LogP contribution in [0, 0.1) is 0 Å². The van der Waals surface area contributed by atoms with Crippen molar-refractivity contribution in [3.8, 4) is 0 Å². The zero-order valence-electron chi connectivity index (χ0n) is 16.9. The molecule has 1 N–H and O–H groups in total. The van der Waals surface area contributed by atoms with Crippen molar-refractivity contribution in [3.05, 3.63) is 59.9 Å². The molecule has 0 spiro atoms. The van der Waals surface area contributed by atoms with Crippen LogP contribution in [0.15, 0.2) is 48.8 Å². The minimum absolute atomic E-state index is 0.0697. The second-order valence-corrected chi connectivity index (χ2v) is 8.48. The Kier molecular flexibility index (Phi) is 6.85. The average Bonchev–Trinajstić information content (AvgIpc) is 2.98. The minimum atomic E-state index is -3.13. The van der Waals surface area contributed by atoms with Crippen molar-refractivity contribution >= 4 is 30.6 Å². The molecule has 1 amide bonds. The Morgan fingerprint density at radius 2 is 1.79 bits per heavy atom. The van der Waals surface area contributed by atoms with E-state index in [1.165, 1.54) is 0 Å². The van der Waals surface area contributed by atoms with Crippen LogP contribution in [0.25, 0.3) is 5.57 Å². The number of carbonyl (C=O) groups excluding carboxylic acids is 1. The summed E-state index contributed by atoms with van der Waals surface area (Å²) in [6, 6.07) is 11.2. The molecular weight excluding hydrogens is 389 g/mol. The first-order valence-electron chi connectivity index (χ1n) is 9.72. The smallest absolute Gasteiger partial charge is 0.335 e. The summed E-state index contributed by atoms with van der Waals surface area (Å²) in [6.07, 6.45) is 3.62. The number of hydrogen-bond donors (Lipinski definition) is 1. The molecule has 1 aliphatic heterocycles. The van der Waals surface area contributed by atoms with Crippen LogP contribution >= 0.6 is 7.60 Å². The highest BCUT2D eigenvalue weighted by molar-refractivity contribution is 7.53. The Hall–Kier alpha value is -2.47. The second-order valence-electron chi connectivity index (χ2n) is 6.43. The van der Waals surface area contributed by atoms with Gasteiger partial charge in [0.2, 0.25) is 0 Å². The molecule has 0 bridgehead atoms. The van der Waals surface area contributed by atoms with Crippen LogP contribution in [0.1, 0.15) is 31.9 Å². The number of nitrogens with zero attached hydrogens (tertiary/aromatic N) is 2. The summed E-state index contributed by atoms with van der Waals surface area (Å²) in [4.78, 5) is 18.7. The fraction of sp³-hybridized carbons (Fsp3) is 0.333. The fourth-order valence-electron chi connectivity index (χ4n) is 3.22. The van der Waals surface area contributed by atoms with Gasteiger partial charge in [-0.3, -0.25) is 14.3 Å². The van der Waals surface area contributed by atoms with Gasteiger partial charge >= 0.3 is 7.60 Å². The van der Waals surface area contributed by atoms with E-state index in [9.17, 15) is 9.36 Å². The normalized spacial score (nSPS) is 15.1. The highest BCUT2D eigenvalue weighted by atomic mass is 31.2. The van der Waals surface area contributed by atoms with Crippen molar-refractivity contribution < 1.29 is 18.4 Å². The van der Waals surface area contributed by atoms with Gasteiger partial charge in [0.05, 0.1) is 24.9 Å². The van der Waals surface area contributed by atoms with Gasteiger partial charge in [0.25, 0.3) is 5.91 Å². The third-order valence-electron chi connectivity index (χ3n) is 4.49. The van der Waals surface area contributed by atoms with Crippen molar-refractivity contribution in [3.63, 3.8) is 0 Å². The highest BCUT2D eigenvalue weighted by Gasteiger charge is 2.32. The van der Waals surface area contributed by atoms with E-state index in [0.29, 0.717) is 31.1 Å². The van der Waals surface area contributed by atoms with Crippen molar-refractivity contribution in [2.45, 2.75) is 26.9 Å². The summed E-state index contributed by atoms with van der Waals surface area (Å²) in [5.74, 6) is 0.616. The highest BCUT2D eigenvalue weighted by Crippen LogP contribution is 2.51. The molecule has 0 fully saturated rings. The van der Waals surface area contributed by atoms with Gasteiger partial charge in [-0.05, 0) is 50.6 Å². The Morgan fingerprint density at radius 3 is 2.41 bits per heavy atom. The fourth-order valence-corrected chi connectivity index (χ4v) is 4.92. The monoisotopic (exact) mass is 415 g/mol. The summed E-state index contributed by atoms with van der Waals surface area (Å²) in [5, 5.41) is 3.17. The van der Waals surface area contributed by atoms with E-state index in [2.05, 4.69) is 10.3 Å². The first-order chi connectivity index (χ1) is 14.0. The first kappa shape index (κ1) is 21.2. The van der Waals surface area contributed by atoms with Gasteiger partial charge in [0, 0.05) is 30.2 Å². The Balaban J connectivity index is 1.74. The number of rotatable bonds is 9. The standard InChI is InChI=1S/C21H26N3O4P/c1-4-24-20-18(8-7-13-22-20)19(21(24)25)14-23-17-11-9-16(10-12-17)15-29(26,27-5-2)28-6-3/h7-14,23H,4-6,15H2,1-3H3. The number of hydrogen-bond acceptors (Lipinski definition) is 6. The molecule has 0 aliphatic carbocycles. The number of amides is 1. The summed E-state index contributed by atoms with van der Waals surface area (Å²) in [7, 11) is -3.13. The molecule has 1 aromatic carbocycles. The molecule has 154 valence electrons. The molecule has 1 aliphatic rings. The number of pyridine rings is 1. The molecule has 29 heavy (non-hydrogen) atoms. The van der Waals surface area contributed by atoms with Crippen LogP contribution < -0.4 is 10.2 Å². The molecule has 3 rings (SSSR count). The van der Waals surface area contributed by atoms with Gasteiger partial charge in [-0.1, -0.05) is 12.1 Å². The predicted molar refractivity (Wildman–Crippen MR) is 115 cm³/mol. The average molecular weight is 415 g/mol. The van der Waals surface area contributed by atoms with E-state index < -0.39 is 7.60 Å². The molecule has 2 aromatic rings. The third-order valence-corrected chi connectivity index (χ3v) is 6.54. The van der Waals surface area contributed by atoms with Gasteiger partial charge in [0.1, 0.15) is 5.82 Å². The predicted octanol–water partition coefficient (Wildman–Crippen LogP) is 4.67. The number of carbonyl (C=O) groups is 1. The first-order valence-corrected chi connectivity index (χ1v) is 11.4. The number of aromatic nitrogens is 1. The maximum Gasteiger partial charge on any atom is 0.335 e. The zero-order valence-corrected chi connectivity index (χ0v) is 17.8. The Bertz CT molecular complexity index is 933. The van der Waals surface area contributed by atoms with Crippen molar-refractivity contribution in [1.82, 2.24) is 4.98 Å². The minimum Gasteiger partial charge on any atom is -0.361 e. The lowest BCUT2D eigenvalue weighted by molar-refractivity contribution is -0.113. The number of fused-ring (bicyclic) bond motifs is 1. The number of likely N-dealkylation sites (N-methyl/N-ethyl adjacent to an activating group) is 1. The van der Waals surface area contributed by atoms with E-state index in [1.807, 2.05) is 43.3 Å². The lowest BCUT2D eigenvalue weighted by Gasteiger charge is -2.17. The molecule has 7 nitrogen and oxygen atoms in total. The van der Waals surface area contributed by atoms with Crippen molar-refractivity contribution in [2.24, 2.45) is 0 Å². The summed E-state index contributed by atoms with van der Waals surface area (Å²) in [6.45, 7) is 6.75. The van der Waals surface area contributed by atoms with Crippen molar-refractivity contribution in [2.75, 3.05) is 30.0 Å². The molecule has 0 radical (unpaired) electrons. The molecule has 0 unspecified atom stereocenters. The van der Waals surface area contributed by atoms with E-state index in [-0.39, 0.29) is 12.1 Å².